The Morgan fingerprint density at radius 3 is 2.70 bits per heavy atom. The minimum atomic E-state index is -2.78. The van der Waals surface area contributed by atoms with Crippen molar-refractivity contribution >= 4 is 0 Å². The third-order valence-electron chi connectivity index (χ3n) is 3.73. The molecule has 1 aliphatic rings. The number of likely N-dealkylation sites (tertiary alicyclic amines) is 1. The highest BCUT2D eigenvalue weighted by Gasteiger charge is 2.23. The molecule has 0 bridgehead atoms. The molecular formula is C15H21F2NO2. The molecule has 3 nitrogen and oxygen atoms in total. The monoisotopic (exact) mass is 285 g/mol. The molecular weight excluding hydrogens is 264 g/mol. The summed E-state index contributed by atoms with van der Waals surface area (Å²) in [4.78, 5) is 2.40. The Balaban J connectivity index is 1.88. The van der Waals surface area contributed by atoms with E-state index < -0.39 is 6.61 Å². The number of aliphatic hydroxyl groups excluding tert-OH is 1. The van der Waals surface area contributed by atoms with Gasteiger partial charge in [0.15, 0.2) is 0 Å². The summed E-state index contributed by atoms with van der Waals surface area (Å²) in [5.41, 5.74) is 1.10. The molecule has 0 radical (unpaired) electrons. The van der Waals surface area contributed by atoms with Gasteiger partial charge in [-0.1, -0.05) is 12.1 Å². The van der Waals surface area contributed by atoms with Gasteiger partial charge in [0, 0.05) is 19.2 Å². The first-order chi connectivity index (χ1) is 9.69. The summed E-state index contributed by atoms with van der Waals surface area (Å²) in [6.45, 7) is -0.650. The molecule has 5 heteroatoms. The normalized spacial score (nSPS) is 19.7. The van der Waals surface area contributed by atoms with Gasteiger partial charge in [-0.25, -0.2) is 0 Å². The van der Waals surface area contributed by atoms with Crippen molar-refractivity contribution in [2.24, 2.45) is 0 Å². The SMILES string of the molecule is OCCCC1CCCN1Cc1ccc(OC(F)F)cc1. The summed E-state index contributed by atoms with van der Waals surface area (Å²) in [7, 11) is 0. The second-order valence-corrected chi connectivity index (χ2v) is 5.15. The van der Waals surface area contributed by atoms with Crippen LogP contribution in [0.15, 0.2) is 24.3 Å². The van der Waals surface area contributed by atoms with E-state index in [4.69, 9.17) is 5.11 Å². The van der Waals surface area contributed by atoms with Gasteiger partial charge in [0.2, 0.25) is 0 Å². The molecule has 1 unspecified atom stereocenters. The van der Waals surface area contributed by atoms with Gasteiger partial charge in [0.25, 0.3) is 0 Å². The molecule has 1 aromatic rings. The van der Waals surface area contributed by atoms with E-state index in [1.165, 1.54) is 12.8 Å². The van der Waals surface area contributed by atoms with Crippen molar-refractivity contribution in [3.63, 3.8) is 0 Å². The smallest absolute Gasteiger partial charge is 0.387 e. The third-order valence-corrected chi connectivity index (χ3v) is 3.73. The molecule has 2 rings (SSSR count). The zero-order valence-corrected chi connectivity index (χ0v) is 11.5. The molecule has 20 heavy (non-hydrogen) atoms. The number of halogens is 2. The van der Waals surface area contributed by atoms with E-state index in [9.17, 15) is 8.78 Å². The van der Waals surface area contributed by atoms with E-state index in [2.05, 4.69) is 9.64 Å². The standard InChI is InChI=1S/C15H21F2NO2/c16-15(17)20-14-7-5-12(6-8-14)11-18-9-1-3-13(18)4-2-10-19/h5-8,13,15,19H,1-4,9-11H2. The zero-order chi connectivity index (χ0) is 14.4. The molecule has 1 fully saturated rings. The Labute approximate surface area is 118 Å². The summed E-state index contributed by atoms with van der Waals surface area (Å²) >= 11 is 0. The van der Waals surface area contributed by atoms with Crippen LogP contribution in [0.4, 0.5) is 8.78 Å². The molecule has 0 spiro atoms. The van der Waals surface area contributed by atoms with Crippen LogP contribution in [0.2, 0.25) is 0 Å². The molecule has 1 N–H and O–H groups in total. The Kier molecular flexibility index (Phi) is 5.73. The van der Waals surface area contributed by atoms with E-state index in [0.29, 0.717) is 6.04 Å². The second-order valence-electron chi connectivity index (χ2n) is 5.15. The molecule has 0 aromatic heterocycles. The van der Waals surface area contributed by atoms with Crippen LogP contribution in [0.1, 0.15) is 31.2 Å². The number of aliphatic hydroxyl groups is 1. The number of hydrogen-bond acceptors (Lipinski definition) is 3. The van der Waals surface area contributed by atoms with Gasteiger partial charge in [-0.15, -0.1) is 0 Å². The quantitative estimate of drug-likeness (QED) is 0.836. The van der Waals surface area contributed by atoms with Gasteiger partial charge in [0.05, 0.1) is 0 Å². The number of ether oxygens (including phenoxy) is 1. The van der Waals surface area contributed by atoms with E-state index >= 15 is 0 Å². The van der Waals surface area contributed by atoms with E-state index in [0.717, 1.165) is 31.5 Å². The Hall–Kier alpha value is -1.20. The topological polar surface area (TPSA) is 32.7 Å². The predicted molar refractivity (Wildman–Crippen MR) is 72.8 cm³/mol. The average molecular weight is 285 g/mol. The van der Waals surface area contributed by atoms with Gasteiger partial charge in [-0.3, -0.25) is 4.90 Å². The minimum Gasteiger partial charge on any atom is -0.435 e. The summed E-state index contributed by atoms with van der Waals surface area (Å²) in [5.74, 6) is 0.196. The fraction of sp³-hybridized carbons (Fsp3) is 0.600. The van der Waals surface area contributed by atoms with Crippen LogP contribution in [-0.2, 0) is 6.54 Å². The van der Waals surface area contributed by atoms with Crippen LogP contribution >= 0.6 is 0 Å². The second kappa shape index (κ2) is 7.55. The van der Waals surface area contributed by atoms with Gasteiger partial charge >= 0.3 is 6.61 Å². The molecule has 112 valence electrons. The highest BCUT2D eigenvalue weighted by molar-refractivity contribution is 5.27. The molecule has 1 atom stereocenters. The maximum atomic E-state index is 12.1. The lowest BCUT2D eigenvalue weighted by Crippen LogP contribution is -2.29. The van der Waals surface area contributed by atoms with Crippen molar-refractivity contribution in [3.05, 3.63) is 29.8 Å². The van der Waals surface area contributed by atoms with Gasteiger partial charge in [-0.05, 0) is 49.9 Å². The number of hydrogen-bond donors (Lipinski definition) is 1. The summed E-state index contributed by atoms with van der Waals surface area (Å²) < 4.78 is 28.5. The lowest BCUT2D eigenvalue weighted by atomic mass is 10.1. The van der Waals surface area contributed by atoms with Crippen molar-refractivity contribution in [3.8, 4) is 5.75 Å². The fourth-order valence-corrected chi connectivity index (χ4v) is 2.77. The van der Waals surface area contributed by atoms with E-state index in [-0.39, 0.29) is 12.4 Å². The first-order valence-electron chi connectivity index (χ1n) is 7.07. The van der Waals surface area contributed by atoms with Gasteiger partial charge in [0.1, 0.15) is 5.75 Å². The summed E-state index contributed by atoms with van der Waals surface area (Å²) in [6, 6.07) is 7.36. The zero-order valence-electron chi connectivity index (χ0n) is 11.5. The maximum Gasteiger partial charge on any atom is 0.387 e. The predicted octanol–water partition coefficient (Wildman–Crippen LogP) is 3.02. The van der Waals surface area contributed by atoms with Crippen molar-refractivity contribution in [2.75, 3.05) is 13.2 Å². The van der Waals surface area contributed by atoms with Crippen molar-refractivity contribution in [1.82, 2.24) is 4.90 Å². The molecule has 1 heterocycles. The highest BCUT2D eigenvalue weighted by atomic mass is 19.3. The van der Waals surface area contributed by atoms with Crippen LogP contribution in [0.25, 0.3) is 0 Å². The van der Waals surface area contributed by atoms with E-state index in [1.54, 1.807) is 12.1 Å². The van der Waals surface area contributed by atoms with Crippen LogP contribution < -0.4 is 4.74 Å². The molecule has 1 saturated heterocycles. The van der Waals surface area contributed by atoms with Crippen molar-refractivity contribution < 1.29 is 18.6 Å². The van der Waals surface area contributed by atoms with Crippen LogP contribution in [0, 0.1) is 0 Å². The Morgan fingerprint density at radius 2 is 2.05 bits per heavy atom. The molecule has 0 amide bonds. The van der Waals surface area contributed by atoms with Crippen molar-refractivity contribution in [2.45, 2.75) is 44.9 Å². The minimum absolute atomic E-state index is 0.196. The molecule has 1 aliphatic heterocycles. The fourth-order valence-electron chi connectivity index (χ4n) is 2.77. The maximum absolute atomic E-state index is 12.1. The largest absolute Gasteiger partial charge is 0.435 e. The first-order valence-corrected chi connectivity index (χ1v) is 7.07. The van der Waals surface area contributed by atoms with Gasteiger partial charge < -0.3 is 9.84 Å². The summed E-state index contributed by atoms with van der Waals surface area (Å²) in [5, 5.41) is 8.91. The Morgan fingerprint density at radius 1 is 1.30 bits per heavy atom. The van der Waals surface area contributed by atoms with Crippen LogP contribution in [-0.4, -0.2) is 35.8 Å². The highest BCUT2D eigenvalue weighted by Crippen LogP contribution is 2.24. The number of nitrogens with zero attached hydrogens (tertiary/aromatic N) is 1. The van der Waals surface area contributed by atoms with E-state index in [1.807, 2.05) is 12.1 Å². The first kappa shape index (κ1) is 15.2. The third kappa shape index (κ3) is 4.42. The molecule has 0 aliphatic carbocycles. The lowest BCUT2D eigenvalue weighted by molar-refractivity contribution is -0.0498. The van der Waals surface area contributed by atoms with Crippen LogP contribution in [0.3, 0.4) is 0 Å². The Bertz CT molecular complexity index is 397. The molecule has 0 saturated carbocycles. The van der Waals surface area contributed by atoms with Crippen LogP contribution in [0.5, 0.6) is 5.75 Å². The number of rotatable bonds is 7. The summed E-state index contributed by atoms with van der Waals surface area (Å²) in [6.07, 6.45) is 4.21. The lowest BCUT2D eigenvalue weighted by Gasteiger charge is -2.24. The number of benzene rings is 1. The number of alkyl halides is 2. The molecule has 1 aromatic carbocycles. The average Bonchev–Trinajstić information content (AvgIpc) is 2.85. The van der Waals surface area contributed by atoms with Gasteiger partial charge in [-0.2, -0.15) is 8.78 Å². The van der Waals surface area contributed by atoms with Crippen molar-refractivity contribution in [1.29, 1.82) is 0 Å².